The minimum atomic E-state index is -1.03. The molecular weight excluding hydrogens is 228 g/mol. The highest BCUT2D eigenvalue weighted by molar-refractivity contribution is 5.74. The van der Waals surface area contributed by atoms with Crippen LogP contribution < -0.4 is 5.32 Å². The van der Waals surface area contributed by atoms with Gasteiger partial charge < -0.3 is 25.2 Å². The number of urea groups is 1. The van der Waals surface area contributed by atoms with Crippen molar-refractivity contribution in [3.05, 3.63) is 0 Å². The Hall–Kier alpha value is -1.34. The van der Waals surface area contributed by atoms with Crippen LogP contribution in [0.5, 0.6) is 0 Å². The van der Waals surface area contributed by atoms with Gasteiger partial charge in [0.05, 0.1) is 13.2 Å². The second-order valence-electron chi connectivity index (χ2n) is 3.83. The highest BCUT2D eigenvalue weighted by Gasteiger charge is 2.31. The number of carboxylic acid groups (broad SMARTS) is 1. The van der Waals surface area contributed by atoms with Crippen molar-refractivity contribution >= 4 is 12.0 Å². The van der Waals surface area contributed by atoms with Gasteiger partial charge >= 0.3 is 12.0 Å². The monoisotopic (exact) mass is 246 g/mol. The van der Waals surface area contributed by atoms with Crippen molar-refractivity contribution < 1.29 is 24.5 Å². The van der Waals surface area contributed by atoms with E-state index in [0.29, 0.717) is 6.54 Å². The lowest BCUT2D eigenvalue weighted by Crippen LogP contribution is -2.44. The van der Waals surface area contributed by atoms with Crippen molar-refractivity contribution in [2.75, 3.05) is 32.9 Å². The van der Waals surface area contributed by atoms with Crippen molar-refractivity contribution in [3.8, 4) is 0 Å². The van der Waals surface area contributed by atoms with Crippen LogP contribution in [-0.4, -0.2) is 66.1 Å². The Morgan fingerprint density at radius 1 is 1.41 bits per heavy atom. The fraction of sp³-hybridized carbons (Fsp3) is 0.800. The van der Waals surface area contributed by atoms with E-state index in [-0.39, 0.29) is 38.4 Å². The van der Waals surface area contributed by atoms with Gasteiger partial charge in [-0.2, -0.15) is 0 Å². The predicted molar refractivity (Wildman–Crippen MR) is 58.7 cm³/mol. The maximum Gasteiger partial charge on any atom is 0.329 e. The number of carboxylic acids is 1. The summed E-state index contributed by atoms with van der Waals surface area (Å²) in [6.45, 7) is 0.335. The van der Waals surface area contributed by atoms with Gasteiger partial charge in [0.1, 0.15) is 6.61 Å². The molecule has 1 aliphatic carbocycles. The highest BCUT2D eigenvalue weighted by atomic mass is 16.5. The number of hydrogen-bond acceptors (Lipinski definition) is 4. The van der Waals surface area contributed by atoms with Gasteiger partial charge in [-0.15, -0.1) is 0 Å². The van der Waals surface area contributed by atoms with Crippen molar-refractivity contribution in [1.82, 2.24) is 10.2 Å². The fourth-order valence-corrected chi connectivity index (χ4v) is 1.44. The molecule has 7 heteroatoms. The van der Waals surface area contributed by atoms with Gasteiger partial charge in [-0.25, -0.2) is 9.59 Å². The Morgan fingerprint density at radius 3 is 2.65 bits per heavy atom. The molecule has 0 radical (unpaired) electrons. The number of carbonyl (C=O) groups excluding carboxylic acids is 1. The maximum atomic E-state index is 11.6. The quantitative estimate of drug-likeness (QED) is 0.490. The van der Waals surface area contributed by atoms with Gasteiger partial charge in [-0.3, -0.25) is 0 Å². The van der Waals surface area contributed by atoms with E-state index in [9.17, 15) is 9.59 Å². The molecule has 0 aromatic carbocycles. The van der Waals surface area contributed by atoms with Crippen molar-refractivity contribution in [2.45, 2.75) is 18.9 Å². The van der Waals surface area contributed by atoms with Crippen molar-refractivity contribution in [3.63, 3.8) is 0 Å². The fourth-order valence-electron chi connectivity index (χ4n) is 1.44. The van der Waals surface area contributed by atoms with Crippen LogP contribution in [-0.2, 0) is 9.53 Å². The van der Waals surface area contributed by atoms with Gasteiger partial charge in [0.2, 0.25) is 0 Å². The minimum Gasteiger partial charge on any atom is -0.480 e. The smallest absolute Gasteiger partial charge is 0.329 e. The van der Waals surface area contributed by atoms with Gasteiger partial charge in [0.25, 0.3) is 0 Å². The van der Waals surface area contributed by atoms with Crippen LogP contribution in [0.1, 0.15) is 12.8 Å². The van der Waals surface area contributed by atoms with E-state index in [4.69, 9.17) is 14.9 Å². The van der Waals surface area contributed by atoms with Gasteiger partial charge in [-0.1, -0.05) is 0 Å². The molecule has 0 atom stereocenters. The number of nitrogens with one attached hydrogen (secondary N) is 1. The van der Waals surface area contributed by atoms with Gasteiger partial charge in [0, 0.05) is 19.1 Å². The lowest BCUT2D eigenvalue weighted by molar-refractivity contribution is -0.142. The van der Waals surface area contributed by atoms with E-state index in [1.54, 1.807) is 4.90 Å². The van der Waals surface area contributed by atoms with E-state index in [1.807, 2.05) is 0 Å². The highest BCUT2D eigenvalue weighted by Crippen LogP contribution is 2.26. The minimum absolute atomic E-state index is 0.0561. The van der Waals surface area contributed by atoms with Crippen LogP contribution in [0, 0.1) is 0 Å². The Labute approximate surface area is 99.4 Å². The normalized spacial score (nSPS) is 14.4. The lowest BCUT2D eigenvalue weighted by atomic mass is 10.5. The number of amides is 2. The molecule has 0 aromatic rings. The molecule has 0 unspecified atom stereocenters. The number of aliphatic hydroxyl groups excluding tert-OH is 1. The molecule has 7 nitrogen and oxygen atoms in total. The number of carbonyl (C=O) groups is 2. The zero-order valence-electron chi connectivity index (χ0n) is 9.59. The molecule has 0 bridgehead atoms. The molecule has 1 aliphatic rings. The third kappa shape index (κ3) is 5.50. The van der Waals surface area contributed by atoms with E-state index in [2.05, 4.69) is 5.32 Å². The second kappa shape index (κ2) is 7.08. The second-order valence-corrected chi connectivity index (χ2v) is 3.83. The molecule has 1 saturated carbocycles. The molecule has 0 heterocycles. The standard InChI is InChI=1S/C10H18N2O5/c13-5-4-12(8-1-2-8)10(16)11-3-6-17-7-9(14)15/h8,13H,1-7H2,(H,11,16)(H,14,15). The van der Waals surface area contributed by atoms with Crippen molar-refractivity contribution in [2.24, 2.45) is 0 Å². The molecule has 0 saturated heterocycles. The summed E-state index contributed by atoms with van der Waals surface area (Å²) in [5.74, 6) is -1.03. The van der Waals surface area contributed by atoms with Crippen LogP contribution in [0.4, 0.5) is 4.79 Å². The molecule has 98 valence electrons. The third-order valence-electron chi connectivity index (χ3n) is 2.34. The van der Waals surface area contributed by atoms with Gasteiger partial charge in [-0.05, 0) is 12.8 Å². The topological polar surface area (TPSA) is 99.1 Å². The average Bonchev–Trinajstić information content (AvgIpc) is 3.08. The largest absolute Gasteiger partial charge is 0.480 e. The lowest BCUT2D eigenvalue weighted by Gasteiger charge is -2.21. The molecule has 3 N–H and O–H groups in total. The first-order valence-corrected chi connectivity index (χ1v) is 5.60. The van der Waals surface area contributed by atoms with Crippen molar-refractivity contribution in [1.29, 1.82) is 0 Å². The average molecular weight is 246 g/mol. The Morgan fingerprint density at radius 2 is 2.12 bits per heavy atom. The summed E-state index contributed by atoms with van der Waals surface area (Å²) in [6, 6.07) is 0.00237. The Bertz CT molecular complexity index is 267. The van der Waals surface area contributed by atoms with Crippen LogP contribution in [0.25, 0.3) is 0 Å². The number of aliphatic hydroxyl groups is 1. The number of nitrogens with zero attached hydrogens (tertiary/aromatic N) is 1. The zero-order valence-corrected chi connectivity index (χ0v) is 9.59. The summed E-state index contributed by atoms with van der Waals surface area (Å²) >= 11 is 0. The molecule has 0 aliphatic heterocycles. The summed E-state index contributed by atoms with van der Waals surface area (Å²) in [5.41, 5.74) is 0. The number of aliphatic carboxylic acids is 1. The molecule has 0 aromatic heterocycles. The van der Waals surface area contributed by atoms with E-state index < -0.39 is 5.97 Å². The van der Waals surface area contributed by atoms with Crippen LogP contribution >= 0.6 is 0 Å². The molecule has 2 amide bonds. The number of ether oxygens (including phenoxy) is 1. The first kappa shape index (κ1) is 13.7. The molecular formula is C10H18N2O5. The van der Waals surface area contributed by atoms with Crippen LogP contribution in [0.2, 0.25) is 0 Å². The summed E-state index contributed by atoms with van der Waals surface area (Å²) < 4.78 is 4.78. The van der Waals surface area contributed by atoms with E-state index in [1.165, 1.54) is 0 Å². The maximum absolute atomic E-state index is 11.6. The van der Waals surface area contributed by atoms with E-state index in [0.717, 1.165) is 12.8 Å². The van der Waals surface area contributed by atoms with Crippen LogP contribution in [0.3, 0.4) is 0 Å². The number of rotatable bonds is 8. The Kier molecular flexibility index (Phi) is 5.71. The molecule has 17 heavy (non-hydrogen) atoms. The molecule has 0 spiro atoms. The van der Waals surface area contributed by atoms with Crippen LogP contribution in [0.15, 0.2) is 0 Å². The Balaban J connectivity index is 2.12. The molecule has 1 rings (SSSR count). The van der Waals surface area contributed by atoms with Gasteiger partial charge in [0.15, 0.2) is 0 Å². The third-order valence-corrected chi connectivity index (χ3v) is 2.34. The number of hydrogen-bond donors (Lipinski definition) is 3. The first-order valence-electron chi connectivity index (χ1n) is 5.60. The zero-order chi connectivity index (χ0) is 12.7. The predicted octanol–water partition coefficient (Wildman–Crippen LogP) is -0.746. The summed E-state index contributed by atoms with van der Waals surface area (Å²) in [7, 11) is 0. The summed E-state index contributed by atoms with van der Waals surface area (Å²) in [5, 5.41) is 19.8. The first-order chi connectivity index (χ1) is 8.15. The SMILES string of the molecule is O=C(O)COCCNC(=O)N(CCO)C1CC1. The summed E-state index contributed by atoms with van der Waals surface area (Å²) in [6.07, 6.45) is 1.95. The molecule has 1 fully saturated rings. The summed E-state index contributed by atoms with van der Waals surface area (Å²) in [4.78, 5) is 23.4. The van der Waals surface area contributed by atoms with E-state index >= 15 is 0 Å².